The van der Waals surface area contributed by atoms with Gasteiger partial charge < -0.3 is 19.7 Å². The molecule has 1 atom stereocenters. The van der Waals surface area contributed by atoms with Gasteiger partial charge in [0.15, 0.2) is 5.96 Å². The van der Waals surface area contributed by atoms with Gasteiger partial charge in [0, 0.05) is 51.5 Å². The van der Waals surface area contributed by atoms with Crippen molar-refractivity contribution >= 4 is 41.5 Å². The first kappa shape index (κ1) is 26.6. The van der Waals surface area contributed by atoms with Crippen LogP contribution >= 0.6 is 35.6 Å². The van der Waals surface area contributed by atoms with Gasteiger partial charge in [0.05, 0.1) is 25.8 Å². The van der Waals surface area contributed by atoms with E-state index in [2.05, 4.69) is 41.2 Å². The molecule has 176 valence electrons. The third-order valence-corrected chi connectivity index (χ3v) is 6.32. The Labute approximate surface area is 209 Å². The van der Waals surface area contributed by atoms with Crippen LogP contribution in [0.2, 0.25) is 5.02 Å². The van der Waals surface area contributed by atoms with E-state index >= 15 is 0 Å². The maximum atomic E-state index is 6.13. The minimum absolute atomic E-state index is 0. The van der Waals surface area contributed by atoms with Crippen molar-refractivity contribution in [1.29, 1.82) is 0 Å². The summed E-state index contributed by atoms with van der Waals surface area (Å²) in [5.41, 5.74) is 1.26. The van der Waals surface area contributed by atoms with Crippen molar-refractivity contribution in [3.05, 3.63) is 34.9 Å². The molecular formula is C23H38ClIN4O2. The molecule has 31 heavy (non-hydrogen) atoms. The molecule has 2 saturated heterocycles. The fraction of sp³-hybridized carbons (Fsp3) is 0.696. The first-order valence-electron chi connectivity index (χ1n) is 11.3. The molecule has 2 aliphatic heterocycles. The molecule has 0 saturated carbocycles. The molecule has 0 amide bonds. The van der Waals surface area contributed by atoms with E-state index in [0.29, 0.717) is 6.54 Å². The maximum Gasteiger partial charge on any atom is 0.193 e. The SMILES string of the molecule is CCNC(=NCC(c1ccc(Cl)cc1)N1CCOCC1)N(C)CCC1CCOCC1.I. The first-order valence-corrected chi connectivity index (χ1v) is 11.7. The van der Waals surface area contributed by atoms with Crippen molar-refractivity contribution in [2.75, 3.05) is 66.2 Å². The lowest BCUT2D eigenvalue weighted by Gasteiger charge is -2.34. The third kappa shape index (κ3) is 8.68. The minimum Gasteiger partial charge on any atom is -0.381 e. The monoisotopic (exact) mass is 564 g/mol. The average molecular weight is 565 g/mol. The maximum absolute atomic E-state index is 6.13. The van der Waals surface area contributed by atoms with E-state index in [1.165, 1.54) is 24.8 Å². The zero-order valence-corrected chi connectivity index (χ0v) is 22.0. The zero-order valence-electron chi connectivity index (χ0n) is 18.9. The third-order valence-electron chi connectivity index (χ3n) is 6.07. The Morgan fingerprint density at radius 3 is 2.45 bits per heavy atom. The van der Waals surface area contributed by atoms with Crippen LogP contribution < -0.4 is 5.32 Å². The van der Waals surface area contributed by atoms with Crippen LogP contribution in [0.15, 0.2) is 29.3 Å². The quantitative estimate of drug-likeness (QED) is 0.293. The molecule has 2 aliphatic rings. The molecule has 1 unspecified atom stereocenters. The summed E-state index contributed by atoms with van der Waals surface area (Å²) in [4.78, 5) is 9.79. The number of nitrogens with one attached hydrogen (secondary N) is 1. The van der Waals surface area contributed by atoms with Gasteiger partial charge in [0.2, 0.25) is 0 Å². The summed E-state index contributed by atoms with van der Waals surface area (Å²) in [6, 6.07) is 8.42. The first-order chi connectivity index (χ1) is 14.7. The number of ether oxygens (including phenoxy) is 2. The second-order valence-corrected chi connectivity index (χ2v) is 8.61. The lowest BCUT2D eigenvalue weighted by atomic mass is 9.96. The van der Waals surface area contributed by atoms with E-state index in [1.807, 2.05) is 12.1 Å². The number of nitrogens with zero attached hydrogens (tertiary/aromatic N) is 3. The van der Waals surface area contributed by atoms with Crippen LogP contribution in [0.3, 0.4) is 0 Å². The van der Waals surface area contributed by atoms with Gasteiger partial charge in [0.1, 0.15) is 0 Å². The standard InChI is InChI=1S/C23H37ClN4O2.HI/c1-3-25-23(27(2)11-8-19-9-14-29-15-10-19)26-18-22(28-12-16-30-17-13-28)20-4-6-21(24)7-5-20;/h4-7,19,22H,3,8-18H2,1-2H3,(H,25,26);1H. The smallest absolute Gasteiger partial charge is 0.193 e. The van der Waals surface area contributed by atoms with Gasteiger partial charge in [-0.25, -0.2) is 0 Å². The molecule has 0 spiro atoms. The molecule has 2 heterocycles. The summed E-state index contributed by atoms with van der Waals surface area (Å²) in [5.74, 6) is 1.75. The summed E-state index contributed by atoms with van der Waals surface area (Å²) >= 11 is 6.13. The number of halogens is 2. The van der Waals surface area contributed by atoms with Crippen molar-refractivity contribution in [3.8, 4) is 0 Å². The van der Waals surface area contributed by atoms with Gasteiger partial charge in [-0.3, -0.25) is 9.89 Å². The summed E-state index contributed by atoms with van der Waals surface area (Å²) in [7, 11) is 2.15. The van der Waals surface area contributed by atoms with Crippen LogP contribution in [0.5, 0.6) is 0 Å². The van der Waals surface area contributed by atoms with Crippen molar-refractivity contribution in [2.45, 2.75) is 32.2 Å². The predicted molar refractivity (Wildman–Crippen MR) is 139 cm³/mol. The number of morpholine rings is 1. The van der Waals surface area contributed by atoms with E-state index in [1.54, 1.807) is 0 Å². The topological polar surface area (TPSA) is 49.3 Å². The van der Waals surface area contributed by atoms with Crippen LogP contribution in [-0.4, -0.2) is 82.0 Å². The summed E-state index contributed by atoms with van der Waals surface area (Å²) in [5, 5.41) is 4.24. The molecule has 6 nitrogen and oxygen atoms in total. The molecule has 1 aromatic rings. The molecule has 3 rings (SSSR count). The average Bonchev–Trinajstić information content (AvgIpc) is 2.79. The van der Waals surface area contributed by atoms with Crippen LogP contribution in [0.1, 0.15) is 37.8 Å². The molecule has 8 heteroatoms. The molecule has 0 radical (unpaired) electrons. The van der Waals surface area contributed by atoms with Crippen LogP contribution in [-0.2, 0) is 9.47 Å². The number of guanidine groups is 1. The Bertz CT molecular complexity index is 649. The number of hydrogen-bond acceptors (Lipinski definition) is 4. The minimum atomic E-state index is 0. The number of benzene rings is 1. The summed E-state index contributed by atoms with van der Waals surface area (Å²) in [6.07, 6.45) is 3.54. The number of aliphatic imine (C=N–C) groups is 1. The zero-order chi connectivity index (χ0) is 21.2. The molecule has 1 N–H and O–H groups in total. The van der Waals surface area contributed by atoms with Gasteiger partial charge in [-0.1, -0.05) is 23.7 Å². The summed E-state index contributed by atoms with van der Waals surface area (Å²) in [6.45, 7) is 9.95. The van der Waals surface area contributed by atoms with Gasteiger partial charge >= 0.3 is 0 Å². The van der Waals surface area contributed by atoms with Crippen molar-refractivity contribution in [2.24, 2.45) is 10.9 Å². The number of rotatable bonds is 8. The molecule has 0 aromatic heterocycles. The van der Waals surface area contributed by atoms with E-state index in [4.69, 9.17) is 26.1 Å². The summed E-state index contributed by atoms with van der Waals surface area (Å²) < 4.78 is 11.1. The molecule has 1 aromatic carbocycles. The van der Waals surface area contributed by atoms with Crippen molar-refractivity contribution in [1.82, 2.24) is 15.1 Å². The Hall–Kier alpha value is -0.610. The fourth-order valence-corrected chi connectivity index (χ4v) is 4.29. The molecule has 2 fully saturated rings. The highest BCUT2D eigenvalue weighted by Gasteiger charge is 2.23. The van der Waals surface area contributed by atoms with Crippen LogP contribution in [0.25, 0.3) is 0 Å². The van der Waals surface area contributed by atoms with E-state index in [-0.39, 0.29) is 30.0 Å². The molecule has 0 aliphatic carbocycles. The molecular weight excluding hydrogens is 527 g/mol. The lowest BCUT2D eigenvalue weighted by molar-refractivity contribution is 0.0179. The highest BCUT2D eigenvalue weighted by Crippen LogP contribution is 2.24. The Balaban J connectivity index is 0.00000341. The van der Waals surface area contributed by atoms with Gasteiger partial charge in [-0.2, -0.15) is 0 Å². The lowest BCUT2D eigenvalue weighted by Crippen LogP contribution is -2.42. The van der Waals surface area contributed by atoms with E-state index in [9.17, 15) is 0 Å². The van der Waals surface area contributed by atoms with Gasteiger partial charge in [-0.15, -0.1) is 24.0 Å². The van der Waals surface area contributed by atoms with Crippen molar-refractivity contribution < 1.29 is 9.47 Å². The van der Waals surface area contributed by atoms with Crippen molar-refractivity contribution in [3.63, 3.8) is 0 Å². The largest absolute Gasteiger partial charge is 0.381 e. The molecule has 0 bridgehead atoms. The Kier molecular flexibility index (Phi) is 12.5. The highest BCUT2D eigenvalue weighted by atomic mass is 127. The Morgan fingerprint density at radius 1 is 1.16 bits per heavy atom. The normalized spacial score (nSPS) is 19.5. The predicted octanol–water partition coefficient (Wildman–Crippen LogP) is 4.05. The Morgan fingerprint density at radius 2 is 1.81 bits per heavy atom. The second kappa shape index (κ2) is 14.5. The van der Waals surface area contributed by atoms with Gasteiger partial charge in [-0.05, 0) is 49.8 Å². The van der Waals surface area contributed by atoms with Crippen LogP contribution in [0, 0.1) is 5.92 Å². The fourth-order valence-electron chi connectivity index (χ4n) is 4.17. The second-order valence-electron chi connectivity index (χ2n) is 8.18. The highest BCUT2D eigenvalue weighted by molar-refractivity contribution is 14.0. The number of hydrogen-bond donors (Lipinski definition) is 1. The van der Waals surface area contributed by atoms with E-state index in [0.717, 1.165) is 69.5 Å². The van der Waals surface area contributed by atoms with E-state index < -0.39 is 0 Å². The van der Waals surface area contributed by atoms with Gasteiger partial charge in [0.25, 0.3) is 0 Å². The van der Waals surface area contributed by atoms with Crippen LogP contribution in [0.4, 0.5) is 0 Å².